The van der Waals surface area contributed by atoms with E-state index in [0.717, 1.165) is 37.1 Å². The van der Waals surface area contributed by atoms with E-state index in [0.29, 0.717) is 6.04 Å². The van der Waals surface area contributed by atoms with Crippen molar-refractivity contribution in [1.29, 1.82) is 0 Å². The normalized spacial score (nSPS) is 25.3. The molecule has 18 heavy (non-hydrogen) atoms. The van der Waals surface area contributed by atoms with Crippen LogP contribution in [0.2, 0.25) is 0 Å². The van der Waals surface area contributed by atoms with Gasteiger partial charge in [-0.25, -0.2) is 0 Å². The molecule has 0 spiro atoms. The molecule has 1 aliphatic carbocycles. The average molecular weight is 255 g/mol. The highest BCUT2D eigenvalue weighted by atomic mass is 16.3. The molecule has 0 aromatic carbocycles. The predicted octanol–water partition coefficient (Wildman–Crippen LogP) is 3.59. The molecular weight excluding hydrogens is 222 g/mol. The van der Waals surface area contributed by atoms with Crippen LogP contribution in [0.3, 0.4) is 0 Å². The van der Waals surface area contributed by atoms with Gasteiger partial charge in [-0.15, -0.1) is 0 Å². The molecule has 0 saturated heterocycles. The first-order chi connectivity index (χ1) is 8.47. The van der Waals surface area contributed by atoms with E-state index < -0.39 is 0 Å². The van der Waals surface area contributed by atoms with Crippen LogP contribution >= 0.6 is 0 Å². The van der Waals surface area contributed by atoms with Crippen LogP contribution in [0.15, 0.2) is 0 Å². The fourth-order valence-electron chi connectivity index (χ4n) is 3.08. The Morgan fingerprint density at radius 1 is 0.944 bits per heavy atom. The lowest BCUT2D eigenvalue weighted by molar-refractivity contribution is 0.107. The quantitative estimate of drug-likeness (QED) is 0.728. The summed E-state index contributed by atoms with van der Waals surface area (Å²) in [5.74, 6) is 2.33. The molecule has 0 heterocycles. The highest BCUT2D eigenvalue weighted by molar-refractivity contribution is 4.77. The van der Waals surface area contributed by atoms with Gasteiger partial charge in [0, 0.05) is 6.04 Å². The van der Waals surface area contributed by atoms with Gasteiger partial charge >= 0.3 is 0 Å². The van der Waals surface area contributed by atoms with Crippen molar-refractivity contribution in [2.45, 2.75) is 78.4 Å². The van der Waals surface area contributed by atoms with Gasteiger partial charge in [-0.05, 0) is 62.8 Å². The Hall–Kier alpha value is -0.0800. The number of hydrogen-bond acceptors (Lipinski definition) is 2. The molecule has 2 nitrogen and oxygen atoms in total. The number of aliphatic hydroxyl groups excluding tert-OH is 1. The molecule has 1 fully saturated rings. The Kier molecular flexibility index (Phi) is 7.25. The summed E-state index contributed by atoms with van der Waals surface area (Å²) in [7, 11) is 0. The molecule has 1 rings (SSSR count). The van der Waals surface area contributed by atoms with Gasteiger partial charge in [0.05, 0.1) is 6.10 Å². The maximum Gasteiger partial charge on any atom is 0.0540 e. The van der Waals surface area contributed by atoms with E-state index in [2.05, 4.69) is 33.0 Å². The predicted molar refractivity (Wildman–Crippen MR) is 78.7 cm³/mol. The first-order valence-corrected chi connectivity index (χ1v) is 7.88. The Morgan fingerprint density at radius 2 is 1.44 bits per heavy atom. The number of rotatable bonds is 7. The Morgan fingerprint density at radius 3 is 1.89 bits per heavy atom. The largest absolute Gasteiger partial charge is 0.393 e. The van der Waals surface area contributed by atoms with Crippen molar-refractivity contribution in [1.82, 2.24) is 5.32 Å². The topological polar surface area (TPSA) is 32.3 Å². The van der Waals surface area contributed by atoms with Gasteiger partial charge in [0.25, 0.3) is 0 Å². The first-order valence-electron chi connectivity index (χ1n) is 7.88. The van der Waals surface area contributed by atoms with Crippen LogP contribution in [0.25, 0.3) is 0 Å². The molecule has 2 heteroatoms. The summed E-state index contributed by atoms with van der Waals surface area (Å²) in [5.41, 5.74) is 0. The maximum atomic E-state index is 9.52. The Labute approximate surface area is 114 Å². The van der Waals surface area contributed by atoms with Gasteiger partial charge in [0.2, 0.25) is 0 Å². The van der Waals surface area contributed by atoms with Crippen LogP contribution in [-0.4, -0.2) is 23.8 Å². The van der Waals surface area contributed by atoms with E-state index in [1.807, 2.05) is 0 Å². The van der Waals surface area contributed by atoms with Gasteiger partial charge < -0.3 is 10.4 Å². The van der Waals surface area contributed by atoms with Gasteiger partial charge in [0.1, 0.15) is 0 Å². The van der Waals surface area contributed by atoms with E-state index in [1.54, 1.807) is 0 Å². The summed E-state index contributed by atoms with van der Waals surface area (Å²) in [6.45, 7) is 10.4. The van der Waals surface area contributed by atoms with E-state index in [1.165, 1.54) is 25.7 Å². The van der Waals surface area contributed by atoms with Crippen LogP contribution in [0.1, 0.15) is 66.2 Å². The molecule has 0 bridgehead atoms. The zero-order valence-corrected chi connectivity index (χ0v) is 12.8. The van der Waals surface area contributed by atoms with Crippen molar-refractivity contribution < 1.29 is 5.11 Å². The van der Waals surface area contributed by atoms with E-state index in [-0.39, 0.29) is 6.10 Å². The van der Waals surface area contributed by atoms with E-state index >= 15 is 0 Å². The van der Waals surface area contributed by atoms with Crippen molar-refractivity contribution in [3.05, 3.63) is 0 Å². The molecule has 0 unspecified atom stereocenters. The highest BCUT2D eigenvalue weighted by Gasteiger charge is 2.20. The lowest BCUT2D eigenvalue weighted by Gasteiger charge is -2.29. The third-order valence-corrected chi connectivity index (χ3v) is 4.02. The highest BCUT2D eigenvalue weighted by Crippen LogP contribution is 2.24. The molecule has 0 atom stereocenters. The first kappa shape index (κ1) is 16.0. The van der Waals surface area contributed by atoms with Crippen molar-refractivity contribution in [3.8, 4) is 0 Å². The summed E-state index contributed by atoms with van der Waals surface area (Å²) in [4.78, 5) is 0. The lowest BCUT2D eigenvalue weighted by Crippen LogP contribution is -2.37. The van der Waals surface area contributed by atoms with E-state index in [9.17, 15) is 5.11 Å². The van der Waals surface area contributed by atoms with Gasteiger partial charge in [-0.2, -0.15) is 0 Å². The van der Waals surface area contributed by atoms with Crippen molar-refractivity contribution in [2.24, 2.45) is 17.8 Å². The molecular formula is C16H33NO. The minimum Gasteiger partial charge on any atom is -0.393 e. The number of hydrogen-bond donors (Lipinski definition) is 2. The average Bonchev–Trinajstić information content (AvgIpc) is 2.26. The van der Waals surface area contributed by atoms with Crippen molar-refractivity contribution in [3.63, 3.8) is 0 Å². The smallest absolute Gasteiger partial charge is 0.0540 e. The molecule has 2 N–H and O–H groups in total. The summed E-state index contributed by atoms with van der Waals surface area (Å²) in [5, 5.41) is 13.3. The van der Waals surface area contributed by atoms with Crippen molar-refractivity contribution >= 4 is 0 Å². The number of aliphatic hydroxyl groups is 1. The Bertz CT molecular complexity index is 197. The zero-order chi connectivity index (χ0) is 13.5. The summed E-state index contributed by atoms with van der Waals surface area (Å²) < 4.78 is 0. The third kappa shape index (κ3) is 6.75. The maximum absolute atomic E-state index is 9.52. The zero-order valence-electron chi connectivity index (χ0n) is 12.8. The number of nitrogens with one attached hydrogen (secondary N) is 1. The van der Waals surface area contributed by atoms with Crippen LogP contribution in [0.5, 0.6) is 0 Å². The van der Waals surface area contributed by atoms with E-state index in [4.69, 9.17) is 0 Å². The van der Waals surface area contributed by atoms with Gasteiger partial charge in [-0.3, -0.25) is 0 Å². The molecule has 0 aliphatic heterocycles. The summed E-state index contributed by atoms with van der Waals surface area (Å²) in [6.07, 6.45) is 6.95. The lowest BCUT2D eigenvalue weighted by atomic mass is 9.87. The summed E-state index contributed by atoms with van der Waals surface area (Å²) >= 11 is 0. The minimum absolute atomic E-state index is 0.0247. The molecule has 108 valence electrons. The molecule has 0 amide bonds. The second-order valence-corrected chi connectivity index (χ2v) is 7.04. The van der Waals surface area contributed by atoms with Crippen LogP contribution in [0, 0.1) is 17.8 Å². The molecule has 1 saturated carbocycles. The fourth-order valence-corrected chi connectivity index (χ4v) is 3.08. The molecule has 1 aliphatic rings. The molecule has 0 radical (unpaired) electrons. The van der Waals surface area contributed by atoms with Crippen LogP contribution in [-0.2, 0) is 0 Å². The monoisotopic (exact) mass is 255 g/mol. The standard InChI is InChI=1S/C16H33NO/c1-12(2)9-15(10-13(3)4)17-11-14-5-7-16(18)8-6-14/h12-18H,5-11H2,1-4H3. The second-order valence-electron chi connectivity index (χ2n) is 7.04. The van der Waals surface area contributed by atoms with Gasteiger partial charge in [-0.1, -0.05) is 27.7 Å². The van der Waals surface area contributed by atoms with Crippen molar-refractivity contribution in [2.75, 3.05) is 6.54 Å². The van der Waals surface area contributed by atoms with Crippen LogP contribution in [0.4, 0.5) is 0 Å². The fraction of sp³-hybridized carbons (Fsp3) is 1.00. The molecule has 0 aromatic heterocycles. The third-order valence-electron chi connectivity index (χ3n) is 4.02. The Balaban J connectivity index is 2.27. The second kappa shape index (κ2) is 8.16. The minimum atomic E-state index is -0.0247. The summed E-state index contributed by atoms with van der Waals surface area (Å²) in [6, 6.07) is 0.678. The SMILES string of the molecule is CC(C)CC(CC(C)C)NCC1CCC(O)CC1. The molecule has 0 aromatic rings. The van der Waals surface area contributed by atoms with Crippen LogP contribution < -0.4 is 5.32 Å². The van der Waals surface area contributed by atoms with Gasteiger partial charge in [0.15, 0.2) is 0 Å².